The fourth-order valence-corrected chi connectivity index (χ4v) is 4.83. The number of hydrogen-bond acceptors (Lipinski definition) is 8. The molecule has 1 fully saturated rings. The Kier molecular flexibility index (Phi) is 5.75. The van der Waals surface area contributed by atoms with Crippen molar-refractivity contribution in [1.82, 2.24) is 14.9 Å². The first-order chi connectivity index (χ1) is 11.7. The molecule has 0 radical (unpaired) electrons. The van der Waals surface area contributed by atoms with Gasteiger partial charge in [-0.2, -0.15) is 0 Å². The quantitative estimate of drug-likeness (QED) is 0.330. The first-order valence-electron chi connectivity index (χ1n) is 7.31. The number of carbonyl (C=O) groups is 2. The van der Waals surface area contributed by atoms with E-state index in [4.69, 9.17) is 4.74 Å². The molecule has 0 N–H and O–H groups in total. The summed E-state index contributed by atoms with van der Waals surface area (Å²) in [6.07, 6.45) is 2.95. The van der Waals surface area contributed by atoms with Crippen LogP contribution in [-0.2, 0) is 14.3 Å². The number of hydrogen-bond donors (Lipinski definition) is 0. The zero-order chi connectivity index (χ0) is 16.9. The summed E-state index contributed by atoms with van der Waals surface area (Å²) in [5.74, 6) is 0.648. The van der Waals surface area contributed by atoms with Crippen molar-refractivity contribution in [2.75, 3.05) is 24.7 Å². The number of ether oxygens (including phenoxy) is 1. The minimum Gasteiger partial charge on any atom is -0.463 e. The highest BCUT2D eigenvalue weighted by Gasteiger charge is 2.27. The Balaban J connectivity index is 1.63. The average molecular weight is 382 g/mol. The molecule has 0 unspecified atom stereocenters. The molecule has 0 aromatic carbocycles. The molecule has 2 aromatic heterocycles. The highest BCUT2D eigenvalue weighted by molar-refractivity contribution is 8.04. The van der Waals surface area contributed by atoms with Gasteiger partial charge in [-0.25, -0.2) is 14.8 Å². The number of thioether (sulfide) groups is 2. The van der Waals surface area contributed by atoms with Gasteiger partial charge in [0.15, 0.2) is 0 Å². The van der Waals surface area contributed by atoms with Gasteiger partial charge in [-0.3, -0.25) is 4.79 Å². The molecule has 0 bridgehead atoms. The second kappa shape index (κ2) is 8.00. The van der Waals surface area contributed by atoms with Gasteiger partial charge in [0, 0.05) is 17.7 Å². The third kappa shape index (κ3) is 3.90. The van der Waals surface area contributed by atoms with Gasteiger partial charge < -0.3 is 9.64 Å². The summed E-state index contributed by atoms with van der Waals surface area (Å²) >= 11 is 4.53. The zero-order valence-electron chi connectivity index (χ0n) is 12.9. The van der Waals surface area contributed by atoms with Crippen LogP contribution in [0.4, 0.5) is 0 Å². The largest absolute Gasteiger partial charge is 0.463 e. The molecule has 1 aliphatic rings. The van der Waals surface area contributed by atoms with E-state index in [0.717, 1.165) is 15.2 Å². The highest BCUT2D eigenvalue weighted by Crippen LogP contribution is 2.31. The molecule has 24 heavy (non-hydrogen) atoms. The topological polar surface area (TPSA) is 72.4 Å². The smallest absolute Gasteiger partial charge is 0.333 e. The van der Waals surface area contributed by atoms with Crippen molar-refractivity contribution in [1.29, 1.82) is 0 Å². The van der Waals surface area contributed by atoms with E-state index >= 15 is 0 Å². The lowest BCUT2D eigenvalue weighted by Crippen LogP contribution is -2.27. The van der Waals surface area contributed by atoms with Crippen LogP contribution >= 0.6 is 34.9 Å². The van der Waals surface area contributed by atoms with Gasteiger partial charge in [-0.15, -0.1) is 23.1 Å². The molecule has 3 heterocycles. The summed E-state index contributed by atoms with van der Waals surface area (Å²) in [7, 11) is 0. The van der Waals surface area contributed by atoms with Gasteiger partial charge >= 0.3 is 5.97 Å². The molecule has 0 spiro atoms. The van der Waals surface area contributed by atoms with E-state index in [9.17, 15) is 9.59 Å². The lowest BCUT2D eigenvalue weighted by molar-refractivity contribution is -0.137. The predicted molar refractivity (Wildman–Crippen MR) is 97.0 cm³/mol. The van der Waals surface area contributed by atoms with Crippen LogP contribution in [-0.4, -0.2) is 51.4 Å². The van der Waals surface area contributed by atoms with Crippen LogP contribution in [0.1, 0.15) is 6.92 Å². The Morgan fingerprint density at radius 3 is 3.21 bits per heavy atom. The highest BCUT2D eigenvalue weighted by atomic mass is 32.2. The molecule has 3 rings (SSSR count). The Labute approximate surface area is 151 Å². The fourth-order valence-electron chi connectivity index (χ4n) is 2.17. The van der Waals surface area contributed by atoms with Crippen LogP contribution in [0.3, 0.4) is 0 Å². The van der Waals surface area contributed by atoms with Crippen molar-refractivity contribution in [2.45, 2.75) is 11.9 Å². The van der Waals surface area contributed by atoms with Crippen molar-refractivity contribution < 1.29 is 14.3 Å². The van der Waals surface area contributed by atoms with Crippen LogP contribution < -0.4 is 0 Å². The number of esters is 1. The molecule has 1 aliphatic heterocycles. The normalized spacial score (nSPS) is 16.3. The summed E-state index contributed by atoms with van der Waals surface area (Å²) < 4.78 is 4.91. The van der Waals surface area contributed by atoms with Crippen LogP contribution in [0.2, 0.25) is 0 Å². The standard InChI is InChI=1S/C15H15N3O3S3/c1-2-21-13(20)7-12-18(11(19)8-24-12)4-6-23-15-10-3-5-22-14(10)16-9-17-15/h3,5,7,9H,2,4,6,8H2,1H3/b12-7-. The molecular formula is C15H15N3O3S3. The number of rotatable bonds is 6. The average Bonchev–Trinajstić information content (AvgIpc) is 3.17. The SMILES string of the molecule is CCOC(=O)/C=C1\SCC(=O)N1CCSc1ncnc2sccc12. The molecule has 9 heteroatoms. The molecule has 1 saturated heterocycles. The van der Waals surface area contributed by atoms with Crippen LogP contribution in [0.15, 0.2) is 33.9 Å². The fraction of sp³-hybridized carbons (Fsp3) is 0.333. The Morgan fingerprint density at radius 1 is 1.50 bits per heavy atom. The van der Waals surface area contributed by atoms with E-state index in [1.165, 1.54) is 17.8 Å². The monoisotopic (exact) mass is 381 g/mol. The molecule has 0 atom stereocenters. The Bertz CT molecular complexity index is 790. The number of aromatic nitrogens is 2. The zero-order valence-corrected chi connectivity index (χ0v) is 15.4. The lowest BCUT2D eigenvalue weighted by atomic mass is 10.4. The van der Waals surface area contributed by atoms with Crippen molar-refractivity contribution in [3.05, 3.63) is 28.9 Å². The molecule has 2 aromatic rings. The van der Waals surface area contributed by atoms with E-state index in [0.29, 0.717) is 29.7 Å². The number of fused-ring (bicyclic) bond motifs is 1. The first kappa shape index (κ1) is 17.2. The summed E-state index contributed by atoms with van der Waals surface area (Å²) in [5.41, 5.74) is 0. The van der Waals surface area contributed by atoms with E-state index in [1.54, 1.807) is 41.2 Å². The van der Waals surface area contributed by atoms with Gasteiger partial charge in [0.05, 0.1) is 23.5 Å². The maximum Gasteiger partial charge on any atom is 0.333 e. The van der Waals surface area contributed by atoms with Crippen molar-refractivity contribution in [3.63, 3.8) is 0 Å². The van der Waals surface area contributed by atoms with Crippen LogP contribution in [0, 0.1) is 0 Å². The minimum atomic E-state index is -0.414. The minimum absolute atomic E-state index is 0.0134. The van der Waals surface area contributed by atoms with Crippen molar-refractivity contribution in [2.24, 2.45) is 0 Å². The number of amides is 1. The third-order valence-electron chi connectivity index (χ3n) is 3.22. The van der Waals surface area contributed by atoms with E-state index in [1.807, 2.05) is 11.4 Å². The first-order valence-corrected chi connectivity index (χ1v) is 10.2. The molecule has 0 saturated carbocycles. The summed E-state index contributed by atoms with van der Waals surface area (Å²) in [4.78, 5) is 34.8. The summed E-state index contributed by atoms with van der Waals surface area (Å²) in [6, 6.07) is 2.01. The van der Waals surface area contributed by atoms with Crippen LogP contribution in [0.25, 0.3) is 10.2 Å². The maximum atomic E-state index is 12.0. The van der Waals surface area contributed by atoms with E-state index in [2.05, 4.69) is 9.97 Å². The van der Waals surface area contributed by atoms with Gasteiger partial charge in [-0.05, 0) is 18.4 Å². The summed E-state index contributed by atoms with van der Waals surface area (Å²) in [5, 5.41) is 4.60. The third-order valence-corrected chi connectivity index (χ3v) is 6.05. The van der Waals surface area contributed by atoms with Gasteiger partial charge in [0.2, 0.25) is 5.91 Å². The molecule has 6 nitrogen and oxygen atoms in total. The van der Waals surface area contributed by atoms with E-state index < -0.39 is 5.97 Å². The number of nitrogens with zero attached hydrogens (tertiary/aromatic N) is 3. The van der Waals surface area contributed by atoms with Gasteiger partial charge in [0.1, 0.15) is 16.2 Å². The molecule has 126 valence electrons. The second-order valence-electron chi connectivity index (χ2n) is 4.74. The summed E-state index contributed by atoms with van der Waals surface area (Å²) in [6.45, 7) is 2.60. The Morgan fingerprint density at radius 2 is 2.38 bits per heavy atom. The molecule has 0 aliphatic carbocycles. The van der Waals surface area contributed by atoms with Gasteiger partial charge in [0.25, 0.3) is 0 Å². The van der Waals surface area contributed by atoms with Crippen LogP contribution in [0.5, 0.6) is 0 Å². The molecule has 1 amide bonds. The Hall–Kier alpha value is -1.58. The maximum absolute atomic E-state index is 12.0. The number of thiophene rings is 1. The van der Waals surface area contributed by atoms with Gasteiger partial charge in [-0.1, -0.05) is 11.8 Å². The number of carbonyl (C=O) groups excluding carboxylic acids is 2. The molecular weight excluding hydrogens is 366 g/mol. The predicted octanol–water partition coefficient (Wildman–Crippen LogP) is 2.76. The lowest BCUT2D eigenvalue weighted by Gasteiger charge is -2.16. The van der Waals surface area contributed by atoms with Crippen molar-refractivity contribution in [3.8, 4) is 0 Å². The second-order valence-corrected chi connectivity index (χ2v) is 7.71. The van der Waals surface area contributed by atoms with Crippen molar-refractivity contribution >= 4 is 57.0 Å². The van der Waals surface area contributed by atoms with E-state index in [-0.39, 0.29) is 5.91 Å².